The molecule has 0 aliphatic carbocycles. The quantitative estimate of drug-likeness (QED) is 0.305. The fourth-order valence-corrected chi connectivity index (χ4v) is 3.95. The highest BCUT2D eigenvalue weighted by molar-refractivity contribution is 6.05. The number of anilines is 2. The molecule has 0 saturated carbocycles. The average Bonchev–Trinajstić information content (AvgIpc) is 2.92. The van der Waals surface area contributed by atoms with Gasteiger partial charge in [-0.05, 0) is 48.0 Å². The SMILES string of the molecule is COc1ccc(C(=O)Nc2ccc(N3CCN(C(=O)C=Cc4ccccc4)CC3)cc2)cc1[N+](=O)[O-]. The molecule has 1 aliphatic rings. The van der Waals surface area contributed by atoms with Gasteiger partial charge in [-0.3, -0.25) is 19.7 Å². The first-order chi connectivity index (χ1) is 17.4. The molecule has 0 bridgehead atoms. The van der Waals surface area contributed by atoms with Crippen molar-refractivity contribution in [2.45, 2.75) is 0 Å². The minimum atomic E-state index is -0.586. The van der Waals surface area contributed by atoms with Gasteiger partial charge in [0.2, 0.25) is 5.91 Å². The molecular weight excluding hydrogens is 460 g/mol. The lowest BCUT2D eigenvalue weighted by Gasteiger charge is -2.35. The molecule has 3 aromatic rings. The maximum Gasteiger partial charge on any atom is 0.311 e. The van der Waals surface area contributed by atoms with Crippen molar-refractivity contribution in [3.05, 3.63) is 100 Å². The fraction of sp³-hybridized carbons (Fsp3) is 0.185. The lowest BCUT2D eigenvalue weighted by molar-refractivity contribution is -0.385. The van der Waals surface area contributed by atoms with E-state index in [2.05, 4.69) is 10.2 Å². The second-order valence-corrected chi connectivity index (χ2v) is 8.20. The lowest BCUT2D eigenvalue weighted by atomic mass is 10.1. The van der Waals surface area contributed by atoms with Crippen LogP contribution in [0.5, 0.6) is 5.75 Å². The number of nitro benzene ring substituents is 1. The number of carbonyl (C=O) groups is 2. The van der Waals surface area contributed by atoms with Crippen LogP contribution in [-0.4, -0.2) is 54.9 Å². The Morgan fingerprint density at radius 1 is 0.972 bits per heavy atom. The van der Waals surface area contributed by atoms with E-state index in [1.807, 2.05) is 53.4 Å². The van der Waals surface area contributed by atoms with Gasteiger partial charge in [0.05, 0.1) is 12.0 Å². The highest BCUT2D eigenvalue weighted by Crippen LogP contribution is 2.28. The van der Waals surface area contributed by atoms with Crippen LogP contribution in [0.4, 0.5) is 17.1 Å². The molecule has 0 radical (unpaired) electrons. The Morgan fingerprint density at radius 2 is 1.67 bits per heavy atom. The first kappa shape index (κ1) is 24.5. The van der Waals surface area contributed by atoms with Crippen LogP contribution in [0.25, 0.3) is 6.08 Å². The number of nitro groups is 1. The Labute approximate surface area is 208 Å². The average molecular weight is 487 g/mol. The fourth-order valence-electron chi connectivity index (χ4n) is 3.95. The molecule has 9 nitrogen and oxygen atoms in total. The number of hydrogen-bond donors (Lipinski definition) is 1. The summed E-state index contributed by atoms with van der Waals surface area (Å²) in [5.41, 5.74) is 2.44. The molecule has 1 saturated heterocycles. The third-order valence-corrected chi connectivity index (χ3v) is 5.94. The number of rotatable bonds is 7. The molecule has 184 valence electrons. The Balaban J connectivity index is 1.32. The van der Waals surface area contributed by atoms with E-state index >= 15 is 0 Å². The number of hydrogen-bond acceptors (Lipinski definition) is 6. The molecule has 1 N–H and O–H groups in total. The van der Waals surface area contributed by atoms with E-state index in [1.54, 1.807) is 18.2 Å². The number of piperazine rings is 1. The standard InChI is InChI=1S/C27H26N4O5/c1-36-25-13-8-21(19-24(25)31(34)35)27(33)28-22-9-11-23(12-10-22)29-15-17-30(18-16-29)26(32)14-7-20-5-3-2-4-6-20/h2-14,19H,15-18H2,1H3,(H,28,33). The van der Waals surface area contributed by atoms with Gasteiger partial charge < -0.3 is 19.9 Å². The van der Waals surface area contributed by atoms with E-state index in [0.717, 1.165) is 11.3 Å². The van der Waals surface area contributed by atoms with Gasteiger partial charge in [0.15, 0.2) is 5.75 Å². The Bertz CT molecular complexity index is 1270. The molecule has 1 fully saturated rings. The number of methoxy groups -OCH3 is 1. The molecule has 4 rings (SSSR count). The molecule has 2 amide bonds. The van der Waals surface area contributed by atoms with Gasteiger partial charge in [-0.25, -0.2) is 0 Å². The third kappa shape index (κ3) is 5.87. The summed E-state index contributed by atoms with van der Waals surface area (Å²) in [5, 5.41) is 14.0. The van der Waals surface area contributed by atoms with E-state index < -0.39 is 10.8 Å². The van der Waals surface area contributed by atoms with Gasteiger partial charge in [0.25, 0.3) is 5.91 Å². The maximum absolute atomic E-state index is 12.6. The highest BCUT2D eigenvalue weighted by Gasteiger charge is 2.21. The molecule has 0 atom stereocenters. The lowest BCUT2D eigenvalue weighted by Crippen LogP contribution is -2.48. The maximum atomic E-state index is 12.6. The van der Waals surface area contributed by atoms with Crippen molar-refractivity contribution in [1.82, 2.24) is 4.90 Å². The van der Waals surface area contributed by atoms with Crippen molar-refractivity contribution in [2.24, 2.45) is 0 Å². The number of benzene rings is 3. The summed E-state index contributed by atoms with van der Waals surface area (Å²) in [6, 6.07) is 21.2. The van der Waals surface area contributed by atoms with Crippen molar-refractivity contribution in [1.29, 1.82) is 0 Å². The van der Waals surface area contributed by atoms with Crippen LogP contribution in [0.2, 0.25) is 0 Å². The van der Waals surface area contributed by atoms with Crippen LogP contribution in [-0.2, 0) is 4.79 Å². The molecule has 1 aliphatic heterocycles. The number of ether oxygens (including phenoxy) is 1. The number of nitrogens with zero attached hydrogens (tertiary/aromatic N) is 3. The first-order valence-electron chi connectivity index (χ1n) is 11.5. The van der Waals surface area contributed by atoms with Crippen LogP contribution < -0.4 is 15.0 Å². The zero-order valence-electron chi connectivity index (χ0n) is 19.8. The molecule has 1 heterocycles. The van der Waals surface area contributed by atoms with Crippen LogP contribution in [0.1, 0.15) is 15.9 Å². The molecule has 0 unspecified atom stereocenters. The van der Waals surface area contributed by atoms with Crippen molar-refractivity contribution < 1.29 is 19.2 Å². The van der Waals surface area contributed by atoms with Crippen molar-refractivity contribution >= 4 is 35.0 Å². The number of carbonyl (C=O) groups excluding carboxylic acids is 2. The van der Waals surface area contributed by atoms with Gasteiger partial charge in [-0.2, -0.15) is 0 Å². The Kier molecular flexibility index (Phi) is 7.60. The summed E-state index contributed by atoms with van der Waals surface area (Å²) in [6.45, 7) is 2.64. The van der Waals surface area contributed by atoms with Crippen molar-refractivity contribution in [2.75, 3.05) is 43.5 Å². The predicted molar refractivity (Wildman–Crippen MR) is 138 cm³/mol. The van der Waals surface area contributed by atoms with E-state index in [9.17, 15) is 19.7 Å². The number of amides is 2. The molecule has 0 aromatic heterocycles. The molecule has 36 heavy (non-hydrogen) atoms. The summed E-state index contributed by atoms with van der Waals surface area (Å²) in [4.78, 5) is 39.7. The molecule has 9 heteroatoms. The second-order valence-electron chi connectivity index (χ2n) is 8.20. The van der Waals surface area contributed by atoms with Gasteiger partial charge in [0.1, 0.15) is 0 Å². The molecule has 0 spiro atoms. The van der Waals surface area contributed by atoms with E-state index in [4.69, 9.17) is 4.74 Å². The summed E-state index contributed by atoms with van der Waals surface area (Å²) in [7, 11) is 1.34. The van der Waals surface area contributed by atoms with E-state index in [-0.39, 0.29) is 22.9 Å². The first-order valence-corrected chi connectivity index (χ1v) is 11.5. The third-order valence-electron chi connectivity index (χ3n) is 5.94. The largest absolute Gasteiger partial charge is 0.490 e. The minimum Gasteiger partial charge on any atom is -0.490 e. The highest BCUT2D eigenvalue weighted by atomic mass is 16.6. The Morgan fingerprint density at radius 3 is 2.31 bits per heavy atom. The van der Waals surface area contributed by atoms with Gasteiger partial charge in [-0.15, -0.1) is 0 Å². The van der Waals surface area contributed by atoms with Gasteiger partial charge in [-0.1, -0.05) is 30.3 Å². The second kappa shape index (κ2) is 11.2. The van der Waals surface area contributed by atoms with Crippen LogP contribution in [0, 0.1) is 10.1 Å². The smallest absolute Gasteiger partial charge is 0.311 e. The topological polar surface area (TPSA) is 105 Å². The van der Waals surface area contributed by atoms with E-state index in [0.29, 0.717) is 31.9 Å². The summed E-state index contributed by atoms with van der Waals surface area (Å²) >= 11 is 0. The Hall–Kier alpha value is -4.66. The summed E-state index contributed by atoms with van der Waals surface area (Å²) in [5.74, 6) is -0.366. The van der Waals surface area contributed by atoms with Crippen LogP contribution in [0.3, 0.4) is 0 Å². The molecular formula is C27H26N4O5. The zero-order valence-corrected chi connectivity index (χ0v) is 19.8. The van der Waals surface area contributed by atoms with Gasteiger partial charge in [0, 0.05) is 55.3 Å². The van der Waals surface area contributed by atoms with Crippen LogP contribution in [0.15, 0.2) is 78.9 Å². The zero-order chi connectivity index (χ0) is 25.5. The molecule has 3 aromatic carbocycles. The van der Waals surface area contributed by atoms with Crippen LogP contribution >= 0.6 is 0 Å². The normalized spacial score (nSPS) is 13.5. The van der Waals surface area contributed by atoms with E-state index in [1.165, 1.54) is 25.3 Å². The summed E-state index contributed by atoms with van der Waals surface area (Å²) < 4.78 is 4.98. The summed E-state index contributed by atoms with van der Waals surface area (Å²) in [6.07, 6.45) is 3.44. The van der Waals surface area contributed by atoms with Crippen molar-refractivity contribution in [3.63, 3.8) is 0 Å². The number of nitrogens with one attached hydrogen (secondary N) is 1. The van der Waals surface area contributed by atoms with Gasteiger partial charge >= 0.3 is 5.69 Å². The predicted octanol–water partition coefficient (Wildman–Crippen LogP) is 4.22. The van der Waals surface area contributed by atoms with Crippen molar-refractivity contribution in [3.8, 4) is 5.75 Å². The minimum absolute atomic E-state index is 0.00432. The monoisotopic (exact) mass is 486 g/mol.